The number of hydrogen-bond donors (Lipinski definition) is 2. The van der Waals surface area contributed by atoms with Crippen molar-refractivity contribution in [1.29, 1.82) is 0 Å². The van der Waals surface area contributed by atoms with Gasteiger partial charge in [0.25, 0.3) is 0 Å². The summed E-state index contributed by atoms with van der Waals surface area (Å²) in [6.07, 6.45) is 3.55. The lowest BCUT2D eigenvalue weighted by atomic mass is 9.99. The summed E-state index contributed by atoms with van der Waals surface area (Å²) in [4.78, 5) is 26.8. The van der Waals surface area contributed by atoms with E-state index in [1.165, 1.54) is 24.3 Å². The lowest BCUT2D eigenvalue weighted by Crippen LogP contribution is -2.37. The van der Waals surface area contributed by atoms with Crippen LogP contribution in [0.25, 0.3) is 0 Å². The first-order chi connectivity index (χ1) is 24.7. The lowest BCUT2D eigenvalue weighted by Gasteiger charge is -2.26. The number of nitrogens with one attached hydrogen (secondary N) is 1. The summed E-state index contributed by atoms with van der Waals surface area (Å²) in [6.45, 7) is 3.22. The molecule has 0 radical (unpaired) electrons. The Hall–Kier alpha value is -4.43. The standard InChI is InChI=1S/C38H35BrF4N2O6S/c1-3-51-31-17-25(38(47)48)11-12-30(31)45(18-21-13-26(22-7-8-22)15-27(14-21)23-9-10-23)32(46)19-52(49,50)44-37-35(42)33(40)28(34(41)36(37)43)16-24-5-4-6-29(39)20(24)2/h4-6,11-15,17,22-23,44H,3,7-10,16,18-19H2,1-2H3,(H,47,48). The van der Waals surface area contributed by atoms with E-state index in [2.05, 4.69) is 22.0 Å². The van der Waals surface area contributed by atoms with Gasteiger partial charge in [-0.3, -0.25) is 9.52 Å². The smallest absolute Gasteiger partial charge is 0.335 e. The average Bonchev–Trinajstić information content (AvgIpc) is 4.02. The van der Waals surface area contributed by atoms with Crippen molar-refractivity contribution in [2.45, 2.75) is 64.3 Å². The zero-order valence-corrected chi connectivity index (χ0v) is 30.6. The third-order valence-corrected chi connectivity index (χ3v) is 11.2. The molecule has 6 rings (SSSR count). The molecule has 1 amide bonds. The van der Waals surface area contributed by atoms with Crippen molar-refractivity contribution < 1.29 is 45.4 Å². The minimum atomic E-state index is -5.01. The summed E-state index contributed by atoms with van der Waals surface area (Å²) in [6, 6.07) is 14.6. The molecule has 0 heterocycles. The summed E-state index contributed by atoms with van der Waals surface area (Å²) < 4.78 is 95.9. The molecule has 2 aliphatic rings. The van der Waals surface area contributed by atoms with Gasteiger partial charge in [-0.05, 0) is 103 Å². The predicted molar refractivity (Wildman–Crippen MR) is 192 cm³/mol. The van der Waals surface area contributed by atoms with Crippen LogP contribution in [0.2, 0.25) is 0 Å². The Morgan fingerprint density at radius 3 is 2.10 bits per heavy atom. The number of nitrogens with zero attached hydrogens (tertiary/aromatic N) is 1. The maximum atomic E-state index is 15.3. The van der Waals surface area contributed by atoms with Crippen molar-refractivity contribution in [3.8, 4) is 5.75 Å². The van der Waals surface area contributed by atoms with E-state index in [-0.39, 0.29) is 30.2 Å². The molecule has 8 nitrogen and oxygen atoms in total. The maximum absolute atomic E-state index is 15.3. The number of sulfonamides is 1. The van der Waals surface area contributed by atoms with Gasteiger partial charge < -0.3 is 14.7 Å². The van der Waals surface area contributed by atoms with Crippen LogP contribution < -0.4 is 14.4 Å². The van der Waals surface area contributed by atoms with Crippen molar-refractivity contribution >= 4 is 49.2 Å². The third-order valence-electron chi connectivity index (χ3n) is 9.25. The van der Waals surface area contributed by atoms with E-state index in [1.807, 2.05) is 12.1 Å². The quantitative estimate of drug-likeness (QED) is 0.0975. The van der Waals surface area contributed by atoms with Crippen LogP contribution in [-0.2, 0) is 27.8 Å². The number of hydrogen-bond acceptors (Lipinski definition) is 5. The highest BCUT2D eigenvalue weighted by atomic mass is 79.9. The van der Waals surface area contributed by atoms with Gasteiger partial charge in [0, 0.05) is 16.5 Å². The first kappa shape index (κ1) is 37.3. The Kier molecular flexibility index (Phi) is 10.7. The first-order valence-electron chi connectivity index (χ1n) is 16.7. The first-order valence-corrected chi connectivity index (χ1v) is 19.2. The average molecular weight is 804 g/mol. The van der Waals surface area contributed by atoms with Crippen LogP contribution in [-0.4, -0.2) is 37.8 Å². The van der Waals surface area contributed by atoms with E-state index in [1.54, 1.807) is 30.7 Å². The largest absolute Gasteiger partial charge is 0.492 e. The van der Waals surface area contributed by atoms with Crippen LogP contribution in [0.4, 0.5) is 28.9 Å². The normalized spacial score (nSPS) is 14.3. The Morgan fingerprint density at radius 1 is 0.923 bits per heavy atom. The van der Waals surface area contributed by atoms with Crippen LogP contribution in [0.3, 0.4) is 0 Å². The van der Waals surface area contributed by atoms with E-state index in [0.29, 0.717) is 33.0 Å². The zero-order chi connectivity index (χ0) is 37.5. The SMILES string of the molecule is CCOc1cc(C(=O)O)ccc1N(Cc1cc(C2CC2)cc(C2CC2)c1)C(=O)CS(=O)(=O)Nc1c(F)c(F)c(Cc2cccc(Br)c2C)c(F)c1F. The molecule has 14 heteroatoms. The number of ether oxygens (including phenoxy) is 1. The highest BCUT2D eigenvalue weighted by Gasteiger charge is 2.33. The lowest BCUT2D eigenvalue weighted by molar-refractivity contribution is -0.116. The second-order valence-corrected chi connectivity index (χ2v) is 15.7. The molecule has 2 fully saturated rings. The van der Waals surface area contributed by atoms with Gasteiger partial charge in [-0.25, -0.2) is 30.8 Å². The fourth-order valence-electron chi connectivity index (χ4n) is 6.16. The van der Waals surface area contributed by atoms with Crippen molar-refractivity contribution in [2.75, 3.05) is 22.0 Å². The van der Waals surface area contributed by atoms with Crippen molar-refractivity contribution in [3.05, 3.63) is 121 Å². The summed E-state index contributed by atoms with van der Waals surface area (Å²) in [5.41, 5.74) is 1.22. The molecule has 274 valence electrons. The number of carbonyl (C=O) groups excluding carboxylic acids is 1. The Morgan fingerprint density at radius 2 is 1.54 bits per heavy atom. The summed E-state index contributed by atoms with van der Waals surface area (Å²) >= 11 is 3.30. The second kappa shape index (κ2) is 14.9. The van der Waals surface area contributed by atoms with E-state index in [4.69, 9.17) is 4.74 Å². The topological polar surface area (TPSA) is 113 Å². The van der Waals surface area contributed by atoms with Gasteiger partial charge in [0.1, 0.15) is 17.2 Å². The molecule has 2 N–H and O–H groups in total. The van der Waals surface area contributed by atoms with Gasteiger partial charge in [0.2, 0.25) is 15.9 Å². The molecule has 0 aromatic heterocycles. The molecule has 0 atom stereocenters. The fraction of sp³-hybridized carbons (Fsp3) is 0.316. The number of carboxylic acids is 1. The molecule has 4 aromatic carbocycles. The molecular formula is C38H35BrF4N2O6S. The fourth-order valence-corrected chi connectivity index (χ4v) is 7.61. The van der Waals surface area contributed by atoms with Crippen molar-refractivity contribution in [3.63, 3.8) is 0 Å². The second-order valence-electron chi connectivity index (χ2n) is 13.1. The molecular weight excluding hydrogens is 768 g/mol. The highest BCUT2D eigenvalue weighted by Crippen LogP contribution is 2.46. The number of aromatic carboxylic acids is 1. The maximum Gasteiger partial charge on any atom is 0.335 e. The highest BCUT2D eigenvalue weighted by molar-refractivity contribution is 9.10. The van der Waals surface area contributed by atoms with E-state index < -0.39 is 68.6 Å². The minimum absolute atomic E-state index is 0.0145. The molecule has 4 aromatic rings. The van der Waals surface area contributed by atoms with Crippen LogP contribution >= 0.6 is 15.9 Å². The van der Waals surface area contributed by atoms with Crippen LogP contribution in [0.5, 0.6) is 5.75 Å². The molecule has 0 bridgehead atoms. The molecule has 0 unspecified atom stereocenters. The van der Waals surface area contributed by atoms with E-state index in [0.717, 1.165) is 41.7 Å². The Labute approximate surface area is 307 Å². The Bertz CT molecular complexity index is 2130. The van der Waals surface area contributed by atoms with Gasteiger partial charge in [0.15, 0.2) is 23.3 Å². The number of benzene rings is 4. The van der Waals surface area contributed by atoms with E-state index in [9.17, 15) is 23.1 Å². The van der Waals surface area contributed by atoms with Gasteiger partial charge >= 0.3 is 5.97 Å². The number of rotatable bonds is 14. The van der Waals surface area contributed by atoms with Crippen LogP contribution in [0, 0.1) is 30.2 Å². The monoisotopic (exact) mass is 802 g/mol. The van der Waals surface area contributed by atoms with Crippen LogP contribution in [0.1, 0.15) is 88.2 Å². The van der Waals surface area contributed by atoms with Gasteiger partial charge in [-0.1, -0.05) is 46.3 Å². The van der Waals surface area contributed by atoms with Gasteiger partial charge in [0.05, 0.1) is 24.4 Å². The van der Waals surface area contributed by atoms with Crippen LogP contribution in [0.15, 0.2) is 59.1 Å². The molecule has 0 aliphatic heterocycles. The molecule has 2 aliphatic carbocycles. The van der Waals surface area contributed by atoms with Gasteiger partial charge in [-0.2, -0.15) is 0 Å². The zero-order valence-electron chi connectivity index (χ0n) is 28.2. The number of amides is 1. The van der Waals surface area contributed by atoms with Crippen molar-refractivity contribution in [1.82, 2.24) is 0 Å². The van der Waals surface area contributed by atoms with Gasteiger partial charge in [-0.15, -0.1) is 0 Å². The van der Waals surface area contributed by atoms with Crippen molar-refractivity contribution in [2.24, 2.45) is 0 Å². The molecule has 52 heavy (non-hydrogen) atoms. The third kappa shape index (κ3) is 8.12. The number of anilines is 2. The molecule has 0 saturated heterocycles. The number of carbonyl (C=O) groups is 2. The molecule has 0 spiro atoms. The molecule has 2 saturated carbocycles. The number of halogens is 5. The number of carboxylic acid groups (broad SMARTS) is 1. The summed E-state index contributed by atoms with van der Waals surface area (Å²) in [5, 5.41) is 9.58. The van der Waals surface area contributed by atoms with E-state index >= 15 is 17.6 Å². The predicted octanol–water partition coefficient (Wildman–Crippen LogP) is 8.73. The Balaban J connectivity index is 1.33. The summed E-state index contributed by atoms with van der Waals surface area (Å²) in [5.74, 6) is -10.5. The summed E-state index contributed by atoms with van der Waals surface area (Å²) in [7, 11) is -5.01. The minimum Gasteiger partial charge on any atom is -0.492 e.